The number of ether oxygens (including phenoxy) is 1. The molecule has 1 N–H and O–H groups in total. The van der Waals surface area contributed by atoms with Gasteiger partial charge < -0.3 is 9.84 Å². The van der Waals surface area contributed by atoms with E-state index in [9.17, 15) is 4.79 Å². The monoisotopic (exact) mass is 272 g/mol. The minimum absolute atomic E-state index is 0.107. The van der Waals surface area contributed by atoms with Crippen LogP contribution in [-0.2, 0) is 4.74 Å². The van der Waals surface area contributed by atoms with Crippen LogP contribution in [-0.4, -0.2) is 11.3 Å². The number of carboxylic acid groups (broad SMARTS) is 1. The Kier molecular flexibility index (Phi) is 4.15. The maximum Gasteiger partial charge on any atom is 0.506 e. The largest absolute Gasteiger partial charge is 0.506 e. The van der Waals surface area contributed by atoms with Crippen molar-refractivity contribution >= 4 is 22.1 Å². The molecule has 1 atom stereocenters. The van der Waals surface area contributed by atoms with Crippen molar-refractivity contribution in [3.8, 4) is 0 Å². The standard InChI is InChI=1S/C11H13BrO3/c1-7(2)10(15-11(13)14)8-4-3-5-9(12)6-8/h3-7,10H,1-2H3,(H,13,14)/t10-/m0/s1. The van der Waals surface area contributed by atoms with Gasteiger partial charge in [-0.25, -0.2) is 4.79 Å². The topological polar surface area (TPSA) is 46.5 Å². The van der Waals surface area contributed by atoms with Crippen molar-refractivity contribution < 1.29 is 14.6 Å². The van der Waals surface area contributed by atoms with Crippen LogP contribution in [0, 0.1) is 5.92 Å². The Morgan fingerprint density at radius 3 is 2.60 bits per heavy atom. The third-order valence-electron chi connectivity index (χ3n) is 2.01. The zero-order valence-corrected chi connectivity index (χ0v) is 10.2. The van der Waals surface area contributed by atoms with Gasteiger partial charge >= 0.3 is 6.16 Å². The molecule has 1 aromatic rings. The minimum atomic E-state index is -1.24. The lowest BCUT2D eigenvalue weighted by atomic mass is 9.99. The highest BCUT2D eigenvalue weighted by Crippen LogP contribution is 2.27. The van der Waals surface area contributed by atoms with E-state index in [2.05, 4.69) is 15.9 Å². The number of carbonyl (C=O) groups is 1. The number of halogens is 1. The van der Waals surface area contributed by atoms with Gasteiger partial charge in [0.25, 0.3) is 0 Å². The van der Waals surface area contributed by atoms with E-state index in [1.807, 2.05) is 38.1 Å². The van der Waals surface area contributed by atoms with Gasteiger partial charge in [0.1, 0.15) is 6.10 Å². The van der Waals surface area contributed by atoms with Crippen LogP contribution in [0.2, 0.25) is 0 Å². The fourth-order valence-corrected chi connectivity index (χ4v) is 1.80. The molecule has 0 bridgehead atoms. The molecule has 0 amide bonds. The van der Waals surface area contributed by atoms with Gasteiger partial charge in [0.15, 0.2) is 0 Å². The summed E-state index contributed by atoms with van der Waals surface area (Å²) in [5.74, 6) is 0.107. The van der Waals surface area contributed by atoms with Gasteiger partial charge in [-0.3, -0.25) is 0 Å². The number of rotatable bonds is 3. The normalized spacial score (nSPS) is 12.5. The van der Waals surface area contributed by atoms with E-state index in [1.165, 1.54) is 0 Å². The van der Waals surface area contributed by atoms with Crippen LogP contribution in [0.5, 0.6) is 0 Å². The summed E-state index contributed by atoms with van der Waals surface area (Å²) in [4.78, 5) is 10.5. The molecule has 0 radical (unpaired) electrons. The van der Waals surface area contributed by atoms with E-state index in [4.69, 9.17) is 9.84 Å². The first-order valence-corrected chi connectivity index (χ1v) is 5.45. The second-order valence-corrected chi connectivity index (χ2v) is 4.52. The van der Waals surface area contributed by atoms with Crippen molar-refractivity contribution in [2.45, 2.75) is 20.0 Å². The van der Waals surface area contributed by atoms with Crippen molar-refractivity contribution in [3.63, 3.8) is 0 Å². The average molecular weight is 273 g/mol. The molecule has 1 aromatic carbocycles. The SMILES string of the molecule is CC(C)[C@H](OC(=O)O)c1cccc(Br)c1. The first-order valence-electron chi connectivity index (χ1n) is 4.65. The molecular weight excluding hydrogens is 260 g/mol. The highest BCUT2D eigenvalue weighted by Gasteiger charge is 2.20. The molecule has 0 aromatic heterocycles. The number of hydrogen-bond donors (Lipinski definition) is 1. The van der Waals surface area contributed by atoms with Crippen molar-refractivity contribution in [3.05, 3.63) is 34.3 Å². The summed E-state index contributed by atoms with van der Waals surface area (Å²) in [6, 6.07) is 7.48. The molecule has 15 heavy (non-hydrogen) atoms. The third kappa shape index (κ3) is 3.55. The molecule has 4 heteroatoms. The molecule has 0 aliphatic rings. The van der Waals surface area contributed by atoms with Crippen molar-refractivity contribution in [2.24, 2.45) is 5.92 Å². The van der Waals surface area contributed by atoms with E-state index in [-0.39, 0.29) is 5.92 Å². The van der Waals surface area contributed by atoms with E-state index >= 15 is 0 Å². The number of hydrogen-bond acceptors (Lipinski definition) is 2. The molecule has 0 heterocycles. The van der Waals surface area contributed by atoms with Gasteiger partial charge in [0.05, 0.1) is 0 Å². The van der Waals surface area contributed by atoms with Crippen LogP contribution in [0.1, 0.15) is 25.5 Å². The lowest BCUT2D eigenvalue weighted by Gasteiger charge is -2.20. The van der Waals surface area contributed by atoms with Gasteiger partial charge in [-0.05, 0) is 23.6 Å². The molecule has 0 aliphatic carbocycles. The first kappa shape index (κ1) is 12.0. The fraction of sp³-hybridized carbons (Fsp3) is 0.364. The summed E-state index contributed by atoms with van der Waals surface area (Å²) in [6.45, 7) is 3.85. The molecule has 3 nitrogen and oxygen atoms in total. The lowest BCUT2D eigenvalue weighted by Crippen LogP contribution is -2.14. The van der Waals surface area contributed by atoms with E-state index in [0.29, 0.717) is 0 Å². The second-order valence-electron chi connectivity index (χ2n) is 3.60. The predicted octanol–water partition coefficient (Wildman–Crippen LogP) is 3.84. The van der Waals surface area contributed by atoms with Gasteiger partial charge in [0.2, 0.25) is 0 Å². The van der Waals surface area contributed by atoms with E-state index in [1.54, 1.807) is 0 Å². The Bertz CT molecular complexity index is 349. The maximum atomic E-state index is 10.5. The molecule has 0 unspecified atom stereocenters. The van der Waals surface area contributed by atoms with Gasteiger partial charge in [-0.15, -0.1) is 0 Å². The summed E-state index contributed by atoms with van der Waals surface area (Å²) in [7, 11) is 0. The first-order chi connectivity index (χ1) is 7.00. The van der Waals surface area contributed by atoms with Crippen LogP contribution >= 0.6 is 15.9 Å². The van der Waals surface area contributed by atoms with Crippen LogP contribution < -0.4 is 0 Å². The Morgan fingerprint density at radius 1 is 1.47 bits per heavy atom. The fourth-order valence-electron chi connectivity index (χ4n) is 1.38. The molecule has 1 rings (SSSR count). The highest BCUT2D eigenvalue weighted by atomic mass is 79.9. The molecule has 0 spiro atoms. The third-order valence-corrected chi connectivity index (χ3v) is 2.50. The zero-order valence-electron chi connectivity index (χ0n) is 8.61. The van der Waals surface area contributed by atoms with Gasteiger partial charge in [-0.2, -0.15) is 0 Å². The lowest BCUT2D eigenvalue weighted by molar-refractivity contribution is 0.0308. The van der Waals surface area contributed by atoms with Crippen LogP contribution in [0.15, 0.2) is 28.7 Å². The summed E-state index contributed by atoms with van der Waals surface area (Å²) in [5.41, 5.74) is 0.863. The van der Waals surface area contributed by atoms with E-state index in [0.717, 1.165) is 10.0 Å². The average Bonchev–Trinajstić information content (AvgIpc) is 2.13. The smallest absolute Gasteiger partial charge is 0.450 e. The van der Waals surface area contributed by atoms with Crippen LogP contribution in [0.3, 0.4) is 0 Å². The summed E-state index contributed by atoms with van der Waals surface area (Å²) < 4.78 is 5.76. The second kappa shape index (κ2) is 5.16. The Morgan fingerprint density at radius 2 is 2.13 bits per heavy atom. The van der Waals surface area contributed by atoms with Crippen molar-refractivity contribution in [2.75, 3.05) is 0 Å². The van der Waals surface area contributed by atoms with Crippen molar-refractivity contribution in [1.82, 2.24) is 0 Å². The van der Waals surface area contributed by atoms with Gasteiger partial charge in [-0.1, -0.05) is 41.9 Å². The molecule has 0 saturated carbocycles. The molecular formula is C11H13BrO3. The van der Waals surface area contributed by atoms with E-state index < -0.39 is 12.3 Å². The Labute approximate surface area is 97.2 Å². The summed E-state index contributed by atoms with van der Waals surface area (Å²) in [5, 5.41) is 8.63. The molecule has 0 saturated heterocycles. The van der Waals surface area contributed by atoms with Crippen molar-refractivity contribution in [1.29, 1.82) is 0 Å². The van der Waals surface area contributed by atoms with Crippen LogP contribution in [0.25, 0.3) is 0 Å². The summed E-state index contributed by atoms with van der Waals surface area (Å²) in [6.07, 6.45) is -1.66. The Balaban J connectivity index is 2.93. The quantitative estimate of drug-likeness (QED) is 0.851. The minimum Gasteiger partial charge on any atom is -0.450 e. The van der Waals surface area contributed by atoms with Crippen LogP contribution in [0.4, 0.5) is 4.79 Å². The zero-order chi connectivity index (χ0) is 11.4. The molecule has 82 valence electrons. The molecule has 0 aliphatic heterocycles. The highest BCUT2D eigenvalue weighted by molar-refractivity contribution is 9.10. The maximum absolute atomic E-state index is 10.5. The number of benzene rings is 1. The predicted molar refractivity (Wildman–Crippen MR) is 60.8 cm³/mol. The van der Waals surface area contributed by atoms with Gasteiger partial charge in [0, 0.05) is 4.47 Å². The Hall–Kier alpha value is -1.03. The summed E-state index contributed by atoms with van der Waals surface area (Å²) >= 11 is 3.34. The molecule has 0 fully saturated rings.